The Morgan fingerprint density at radius 2 is 0.439 bits per heavy atom. The third-order valence-corrected chi connectivity index (χ3v) is 12.2. The minimum absolute atomic E-state index is 0.684. The summed E-state index contributed by atoms with van der Waals surface area (Å²) in [6, 6.07) is 91.7. The smallest absolute Gasteiger partial charge is 0.160 e. The quantitative estimate of drug-likeness (QED) is 0.138. The molecule has 66 heavy (non-hydrogen) atoms. The van der Waals surface area contributed by atoms with Gasteiger partial charge in [0.05, 0.1) is 22.8 Å². The van der Waals surface area contributed by atoms with Gasteiger partial charge >= 0.3 is 0 Å². The molecule has 2 aromatic heterocycles. The van der Waals surface area contributed by atoms with E-state index in [1.54, 1.807) is 0 Å². The summed E-state index contributed by atoms with van der Waals surface area (Å²) >= 11 is 0. The summed E-state index contributed by atoms with van der Waals surface area (Å²) < 4.78 is 0. The normalized spacial score (nSPS) is 11.0. The average Bonchev–Trinajstić information content (AvgIpc) is 3.42. The molecule has 11 rings (SSSR count). The van der Waals surface area contributed by atoms with Crippen molar-refractivity contribution in [3.8, 4) is 112 Å². The fourth-order valence-corrected chi connectivity index (χ4v) is 8.84. The first-order valence-electron chi connectivity index (χ1n) is 22.3. The maximum atomic E-state index is 5.60. The number of pyridine rings is 1. The van der Waals surface area contributed by atoms with Gasteiger partial charge in [0, 0.05) is 44.5 Å². The molecule has 0 saturated carbocycles. The molecule has 9 aromatic carbocycles. The maximum Gasteiger partial charge on any atom is 0.160 e. The third kappa shape index (κ3) is 8.14. The molecular weight excluding hydrogens is 799 g/mol. The zero-order chi connectivity index (χ0) is 44.1. The third-order valence-electron chi connectivity index (χ3n) is 12.2. The lowest BCUT2D eigenvalue weighted by Gasteiger charge is -2.23. The van der Waals surface area contributed by atoms with E-state index >= 15 is 0 Å². The maximum absolute atomic E-state index is 5.60. The SMILES string of the molecule is c1ccc(-c2ccc(-c3cc(-c4ccccc4)nc(-c4ccc(-c5ccc(-c6c(-c7ccccc7)c(-c7ccccc7)nc(-c7ccccc7)c6-c6ccccc6)cc5)cc4)n3)cc2)cc1. The van der Waals surface area contributed by atoms with Gasteiger partial charge < -0.3 is 0 Å². The van der Waals surface area contributed by atoms with E-state index in [1.165, 1.54) is 11.1 Å². The second-order valence-electron chi connectivity index (χ2n) is 16.3. The van der Waals surface area contributed by atoms with E-state index in [0.29, 0.717) is 5.82 Å². The molecule has 0 bridgehead atoms. The Kier molecular flexibility index (Phi) is 11.0. The summed E-state index contributed by atoms with van der Waals surface area (Å²) in [5.74, 6) is 0.684. The summed E-state index contributed by atoms with van der Waals surface area (Å²) in [5, 5.41) is 0. The molecule has 0 amide bonds. The van der Waals surface area contributed by atoms with Crippen LogP contribution in [0.3, 0.4) is 0 Å². The Bertz CT molecular complexity index is 3270. The van der Waals surface area contributed by atoms with Crippen molar-refractivity contribution < 1.29 is 0 Å². The number of nitrogens with zero attached hydrogens (tertiary/aromatic N) is 3. The molecule has 0 spiro atoms. The lowest BCUT2D eigenvalue weighted by atomic mass is 9.83. The molecule has 0 N–H and O–H groups in total. The molecule has 0 aliphatic carbocycles. The predicted octanol–water partition coefficient (Wildman–Crippen LogP) is 16.5. The fraction of sp³-hybridized carbons (Fsp3) is 0. The van der Waals surface area contributed by atoms with Gasteiger partial charge in [0.1, 0.15) is 0 Å². The molecule has 0 aliphatic rings. The lowest BCUT2D eigenvalue weighted by Crippen LogP contribution is -2.01. The van der Waals surface area contributed by atoms with E-state index in [0.717, 1.165) is 95.1 Å². The van der Waals surface area contributed by atoms with E-state index in [9.17, 15) is 0 Å². The monoisotopic (exact) mass is 841 g/mol. The zero-order valence-electron chi connectivity index (χ0n) is 36.2. The number of hydrogen-bond donors (Lipinski definition) is 0. The fourth-order valence-electron chi connectivity index (χ4n) is 8.84. The standard InChI is InChI=1S/C63H43N3/c1-7-19-44(20-8-1)45-31-37-49(38-32-45)57-43-56(48-21-9-2-10-22-48)64-63(65-57)55-41-35-47(36-42-55)46-33-39-52(40-34-46)58-59(50-23-11-3-12-24-50)61(53-27-15-5-16-28-53)66-62(54-29-17-6-18-30-54)60(58)51-25-13-4-14-26-51/h1-43H. The van der Waals surface area contributed by atoms with Gasteiger partial charge in [0.2, 0.25) is 0 Å². The first-order valence-corrected chi connectivity index (χ1v) is 22.3. The van der Waals surface area contributed by atoms with E-state index in [1.807, 2.05) is 12.1 Å². The molecule has 3 heteroatoms. The molecule has 0 radical (unpaired) electrons. The second kappa shape index (κ2) is 18.1. The molecule has 3 nitrogen and oxygen atoms in total. The molecule has 0 aliphatic heterocycles. The molecule has 11 aromatic rings. The van der Waals surface area contributed by atoms with Crippen LogP contribution in [-0.2, 0) is 0 Å². The highest BCUT2D eigenvalue weighted by atomic mass is 14.9. The predicted molar refractivity (Wildman–Crippen MR) is 274 cm³/mol. The summed E-state index contributed by atoms with van der Waals surface area (Å²) in [6.07, 6.45) is 0. The lowest BCUT2D eigenvalue weighted by molar-refractivity contribution is 1.18. The van der Waals surface area contributed by atoms with Crippen LogP contribution in [-0.4, -0.2) is 15.0 Å². The molecule has 0 saturated heterocycles. The van der Waals surface area contributed by atoms with Crippen LogP contribution in [0.1, 0.15) is 0 Å². The van der Waals surface area contributed by atoms with Crippen molar-refractivity contribution in [3.63, 3.8) is 0 Å². The summed E-state index contributed by atoms with van der Waals surface area (Å²) in [6.45, 7) is 0. The molecule has 2 heterocycles. The molecule has 0 fully saturated rings. The van der Waals surface area contributed by atoms with Gasteiger partial charge in [-0.1, -0.05) is 255 Å². The molecular formula is C63H43N3. The van der Waals surface area contributed by atoms with Crippen molar-refractivity contribution in [2.75, 3.05) is 0 Å². The second-order valence-corrected chi connectivity index (χ2v) is 16.3. The topological polar surface area (TPSA) is 38.7 Å². The van der Waals surface area contributed by atoms with Crippen LogP contribution in [0.15, 0.2) is 261 Å². The van der Waals surface area contributed by atoms with Crippen molar-refractivity contribution in [2.24, 2.45) is 0 Å². The van der Waals surface area contributed by atoms with Crippen molar-refractivity contribution in [1.29, 1.82) is 0 Å². The number of benzene rings is 9. The number of rotatable bonds is 10. The van der Waals surface area contributed by atoms with Crippen molar-refractivity contribution in [3.05, 3.63) is 261 Å². The number of aromatic nitrogens is 3. The molecule has 310 valence electrons. The van der Waals surface area contributed by atoms with Gasteiger partial charge in [-0.25, -0.2) is 15.0 Å². The Morgan fingerprint density at radius 1 is 0.182 bits per heavy atom. The van der Waals surface area contributed by atoms with Crippen LogP contribution in [0.25, 0.3) is 112 Å². The minimum atomic E-state index is 0.684. The zero-order valence-corrected chi connectivity index (χ0v) is 36.2. The van der Waals surface area contributed by atoms with E-state index in [2.05, 4.69) is 249 Å². The van der Waals surface area contributed by atoms with Gasteiger partial charge in [-0.05, 0) is 45.0 Å². The van der Waals surface area contributed by atoms with E-state index in [4.69, 9.17) is 15.0 Å². The van der Waals surface area contributed by atoms with Crippen LogP contribution < -0.4 is 0 Å². The summed E-state index contributed by atoms with van der Waals surface area (Å²) in [7, 11) is 0. The van der Waals surface area contributed by atoms with Crippen molar-refractivity contribution in [2.45, 2.75) is 0 Å². The van der Waals surface area contributed by atoms with Crippen molar-refractivity contribution in [1.82, 2.24) is 15.0 Å². The van der Waals surface area contributed by atoms with E-state index < -0.39 is 0 Å². The highest BCUT2D eigenvalue weighted by molar-refractivity contribution is 6.05. The Labute approximate surface area is 386 Å². The van der Waals surface area contributed by atoms with Crippen LogP contribution in [0.2, 0.25) is 0 Å². The van der Waals surface area contributed by atoms with Crippen LogP contribution >= 0.6 is 0 Å². The minimum Gasteiger partial charge on any atom is -0.246 e. The van der Waals surface area contributed by atoms with Crippen LogP contribution in [0.5, 0.6) is 0 Å². The largest absolute Gasteiger partial charge is 0.246 e. The van der Waals surface area contributed by atoms with E-state index in [-0.39, 0.29) is 0 Å². The van der Waals surface area contributed by atoms with Gasteiger partial charge in [-0.2, -0.15) is 0 Å². The van der Waals surface area contributed by atoms with Gasteiger partial charge in [-0.3, -0.25) is 0 Å². The van der Waals surface area contributed by atoms with Gasteiger partial charge in [-0.15, -0.1) is 0 Å². The summed E-state index contributed by atoms with van der Waals surface area (Å²) in [4.78, 5) is 15.9. The Balaban J connectivity index is 1.01. The average molecular weight is 842 g/mol. The first-order chi connectivity index (χ1) is 32.7. The highest BCUT2D eigenvalue weighted by Crippen LogP contribution is 2.49. The van der Waals surface area contributed by atoms with Crippen LogP contribution in [0, 0.1) is 0 Å². The molecule has 0 unspecified atom stereocenters. The Hall–Kier alpha value is -8.79. The van der Waals surface area contributed by atoms with Crippen LogP contribution in [0.4, 0.5) is 0 Å². The Morgan fingerprint density at radius 3 is 0.833 bits per heavy atom. The number of hydrogen-bond acceptors (Lipinski definition) is 3. The highest BCUT2D eigenvalue weighted by Gasteiger charge is 2.25. The van der Waals surface area contributed by atoms with Gasteiger partial charge in [0.25, 0.3) is 0 Å². The van der Waals surface area contributed by atoms with Crippen molar-refractivity contribution >= 4 is 0 Å². The summed E-state index contributed by atoms with van der Waals surface area (Å²) in [5.41, 5.74) is 20.1. The van der Waals surface area contributed by atoms with Gasteiger partial charge in [0.15, 0.2) is 5.82 Å². The molecule has 0 atom stereocenters. The first kappa shape index (κ1) is 40.0.